The fourth-order valence-corrected chi connectivity index (χ4v) is 2.00. The SMILES string of the molecule is COCC(CNC(C)c1ccc2c(c1)OCO2)OC. The summed E-state index contributed by atoms with van der Waals surface area (Å²) in [5.41, 5.74) is 1.16. The van der Waals surface area contributed by atoms with E-state index in [1.807, 2.05) is 18.2 Å². The van der Waals surface area contributed by atoms with Crippen LogP contribution in [0.5, 0.6) is 11.5 Å². The van der Waals surface area contributed by atoms with Gasteiger partial charge in [0.15, 0.2) is 11.5 Å². The van der Waals surface area contributed by atoms with Crippen LogP contribution in [0.3, 0.4) is 0 Å². The molecule has 0 saturated heterocycles. The molecule has 0 radical (unpaired) electrons. The van der Waals surface area contributed by atoms with Gasteiger partial charge in [-0.2, -0.15) is 0 Å². The minimum atomic E-state index is 0.0569. The number of hydrogen-bond donors (Lipinski definition) is 1. The summed E-state index contributed by atoms with van der Waals surface area (Å²) >= 11 is 0. The molecule has 2 unspecified atom stereocenters. The first-order chi connectivity index (χ1) is 9.24. The van der Waals surface area contributed by atoms with Gasteiger partial charge in [0.25, 0.3) is 0 Å². The molecule has 19 heavy (non-hydrogen) atoms. The topological polar surface area (TPSA) is 49.0 Å². The molecule has 1 aromatic rings. The maximum absolute atomic E-state index is 5.38. The van der Waals surface area contributed by atoms with E-state index in [0.29, 0.717) is 13.4 Å². The average Bonchev–Trinajstić information content (AvgIpc) is 2.90. The van der Waals surface area contributed by atoms with E-state index in [2.05, 4.69) is 12.2 Å². The quantitative estimate of drug-likeness (QED) is 0.815. The Kier molecular flexibility index (Phi) is 5.01. The number of rotatable bonds is 7. The molecule has 0 aromatic heterocycles. The fourth-order valence-electron chi connectivity index (χ4n) is 2.00. The first-order valence-electron chi connectivity index (χ1n) is 6.39. The minimum absolute atomic E-state index is 0.0569. The number of ether oxygens (including phenoxy) is 4. The number of methoxy groups -OCH3 is 2. The van der Waals surface area contributed by atoms with Crippen molar-refractivity contribution in [2.45, 2.75) is 19.1 Å². The predicted octanol–water partition coefficient (Wildman–Crippen LogP) is 1.73. The zero-order valence-electron chi connectivity index (χ0n) is 11.6. The maximum atomic E-state index is 5.38. The van der Waals surface area contributed by atoms with Gasteiger partial charge < -0.3 is 24.3 Å². The van der Waals surface area contributed by atoms with Gasteiger partial charge >= 0.3 is 0 Å². The lowest BCUT2D eigenvalue weighted by molar-refractivity contribution is 0.0276. The third-order valence-corrected chi connectivity index (χ3v) is 3.23. The zero-order valence-corrected chi connectivity index (χ0v) is 11.6. The Morgan fingerprint density at radius 2 is 2.05 bits per heavy atom. The number of hydrogen-bond acceptors (Lipinski definition) is 5. The molecule has 5 heteroatoms. The lowest BCUT2D eigenvalue weighted by Crippen LogP contribution is -2.33. The van der Waals surface area contributed by atoms with Crippen LogP contribution in [-0.2, 0) is 9.47 Å². The third-order valence-electron chi connectivity index (χ3n) is 3.23. The van der Waals surface area contributed by atoms with Gasteiger partial charge in [0.1, 0.15) is 0 Å². The summed E-state index contributed by atoms with van der Waals surface area (Å²) < 4.78 is 21.1. The molecule has 2 atom stereocenters. The first-order valence-corrected chi connectivity index (χ1v) is 6.39. The maximum Gasteiger partial charge on any atom is 0.231 e. The van der Waals surface area contributed by atoms with Gasteiger partial charge in [-0.3, -0.25) is 0 Å². The molecule has 0 fully saturated rings. The van der Waals surface area contributed by atoms with Crippen molar-refractivity contribution < 1.29 is 18.9 Å². The van der Waals surface area contributed by atoms with Gasteiger partial charge in [-0.15, -0.1) is 0 Å². The standard InChI is InChI=1S/C14H21NO4/c1-10(15-7-12(17-3)8-16-2)11-4-5-13-14(6-11)19-9-18-13/h4-6,10,12,15H,7-9H2,1-3H3. The van der Waals surface area contributed by atoms with E-state index >= 15 is 0 Å². The predicted molar refractivity (Wildman–Crippen MR) is 71.7 cm³/mol. The van der Waals surface area contributed by atoms with Gasteiger partial charge in [-0.25, -0.2) is 0 Å². The van der Waals surface area contributed by atoms with Crippen molar-refractivity contribution in [1.29, 1.82) is 0 Å². The second-order valence-electron chi connectivity index (χ2n) is 4.56. The van der Waals surface area contributed by atoms with Gasteiger partial charge in [0, 0.05) is 26.8 Å². The van der Waals surface area contributed by atoms with E-state index in [9.17, 15) is 0 Å². The molecular weight excluding hydrogens is 246 g/mol. The molecule has 0 saturated carbocycles. The van der Waals surface area contributed by atoms with Crippen LogP contribution in [0.1, 0.15) is 18.5 Å². The van der Waals surface area contributed by atoms with Crippen LogP contribution >= 0.6 is 0 Å². The largest absolute Gasteiger partial charge is 0.454 e. The van der Waals surface area contributed by atoms with Crippen molar-refractivity contribution >= 4 is 0 Å². The van der Waals surface area contributed by atoms with Crippen LogP contribution in [0.4, 0.5) is 0 Å². The van der Waals surface area contributed by atoms with Crippen molar-refractivity contribution in [3.8, 4) is 11.5 Å². The van der Waals surface area contributed by atoms with Crippen molar-refractivity contribution in [3.05, 3.63) is 23.8 Å². The van der Waals surface area contributed by atoms with Crippen LogP contribution in [0.2, 0.25) is 0 Å². The molecule has 0 amide bonds. The normalized spacial score (nSPS) is 16.4. The molecule has 1 aliphatic rings. The van der Waals surface area contributed by atoms with Gasteiger partial charge in [-0.05, 0) is 24.6 Å². The van der Waals surface area contributed by atoms with Gasteiger partial charge in [-0.1, -0.05) is 6.07 Å². The minimum Gasteiger partial charge on any atom is -0.454 e. The summed E-state index contributed by atoms with van der Waals surface area (Å²) in [4.78, 5) is 0. The highest BCUT2D eigenvalue weighted by Gasteiger charge is 2.16. The summed E-state index contributed by atoms with van der Waals surface area (Å²) in [6.45, 7) is 3.73. The Labute approximate surface area is 113 Å². The Morgan fingerprint density at radius 3 is 2.79 bits per heavy atom. The lowest BCUT2D eigenvalue weighted by Gasteiger charge is -2.19. The van der Waals surface area contributed by atoms with E-state index in [1.165, 1.54) is 0 Å². The van der Waals surface area contributed by atoms with E-state index in [-0.39, 0.29) is 12.1 Å². The number of fused-ring (bicyclic) bond motifs is 1. The Balaban J connectivity index is 1.90. The van der Waals surface area contributed by atoms with Crippen molar-refractivity contribution in [2.75, 3.05) is 34.2 Å². The van der Waals surface area contributed by atoms with E-state index in [1.54, 1.807) is 14.2 Å². The average molecular weight is 267 g/mol. The first kappa shape index (κ1) is 14.1. The van der Waals surface area contributed by atoms with E-state index < -0.39 is 0 Å². The lowest BCUT2D eigenvalue weighted by atomic mass is 10.1. The molecule has 1 aromatic carbocycles. The van der Waals surface area contributed by atoms with Crippen molar-refractivity contribution in [1.82, 2.24) is 5.32 Å². The van der Waals surface area contributed by atoms with Crippen LogP contribution in [0.15, 0.2) is 18.2 Å². The number of benzene rings is 1. The second kappa shape index (κ2) is 6.75. The van der Waals surface area contributed by atoms with E-state index in [4.69, 9.17) is 18.9 Å². The van der Waals surface area contributed by atoms with Gasteiger partial charge in [0.05, 0.1) is 12.7 Å². The summed E-state index contributed by atoms with van der Waals surface area (Å²) in [7, 11) is 3.36. The molecule has 2 rings (SSSR count). The second-order valence-corrected chi connectivity index (χ2v) is 4.56. The summed E-state index contributed by atoms with van der Waals surface area (Å²) in [5, 5.41) is 3.42. The summed E-state index contributed by atoms with van der Waals surface area (Å²) in [5.74, 6) is 1.62. The highest BCUT2D eigenvalue weighted by atomic mass is 16.7. The van der Waals surface area contributed by atoms with Crippen LogP contribution in [-0.4, -0.2) is 40.3 Å². The molecule has 5 nitrogen and oxygen atoms in total. The zero-order chi connectivity index (χ0) is 13.7. The summed E-state index contributed by atoms with van der Waals surface area (Å²) in [6, 6.07) is 6.21. The molecule has 1 N–H and O–H groups in total. The van der Waals surface area contributed by atoms with Crippen LogP contribution in [0, 0.1) is 0 Å². The Morgan fingerprint density at radius 1 is 1.26 bits per heavy atom. The van der Waals surface area contributed by atoms with E-state index in [0.717, 1.165) is 23.6 Å². The molecule has 1 heterocycles. The molecule has 0 aliphatic carbocycles. The summed E-state index contributed by atoms with van der Waals surface area (Å²) in [6.07, 6.45) is 0.0569. The fraction of sp³-hybridized carbons (Fsp3) is 0.571. The van der Waals surface area contributed by atoms with Gasteiger partial charge in [0.2, 0.25) is 6.79 Å². The highest BCUT2D eigenvalue weighted by Crippen LogP contribution is 2.34. The Hall–Kier alpha value is -1.30. The highest BCUT2D eigenvalue weighted by molar-refractivity contribution is 5.45. The molecule has 0 spiro atoms. The van der Waals surface area contributed by atoms with Crippen LogP contribution < -0.4 is 14.8 Å². The van der Waals surface area contributed by atoms with Crippen molar-refractivity contribution in [3.63, 3.8) is 0 Å². The molecule has 0 bridgehead atoms. The van der Waals surface area contributed by atoms with Crippen molar-refractivity contribution in [2.24, 2.45) is 0 Å². The molecule has 1 aliphatic heterocycles. The molecular formula is C14H21NO4. The Bertz CT molecular complexity index is 410. The monoisotopic (exact) mass is 267 g/mol. The number of nitrogens with one attached hydrogen (secondary N) is 1. The van der Waals surface area contributed by atoms with Crippen LogP contribution in [0.25, 0.3) is 0 Å². The third kappa shape index (κ3) is 3.59. The smallest absolute Gasteiger partial charge is 0.231 e. The molecule has 106 valence electrons.